The minimum Gasteiger partial charge on any atom is -0.497 e. The van der Waals surface area contributed by atoms with Gasteiger partial charge in [0.15, 0.2) is 0 Å². The molecule has 6 rings (SSSR count). The molecule has 0 radical (unpaired) electrons. The Balaban J connectivity index is 1.47. The van der Waals surface area contributed by atoms with Crippen LogP contribution in [0.25, 0.3) is 11.5 Å². The van der Waals surface area contributed by atoms with E-state index in [9.17, 15) is 4.79 Å². The number of carbonyl (C=O) groups is 1. The number of para-hydroxylation sites is 1. The first kappa shape index (κ1) is 25.3. The van der Waals surface area contributed by atoms with Gasteiger partial charge in [-0.15, -0.1) is 0 Å². The molecule has 1 aliphatic rings. The highest BCUT2D eigenvalue weighted by Crippen LogP contribution is 2.39. The number of amides is 2. The van der Waals surface area contributed by atoms with Gasteiger partial charge in [0.1, 0.15) is 17.3 Å². The molecular formula is C32H31N5O3. The van der Waals surface area contributed by atoms with Crippen molar-refractivity contribution in [3.05, 3.63) is 120 Å². The molecule has 8 heteroatoms. The van der Waals surface area contributed by atoms with Gasteiger partial charge in [0.2, 0.25) is 0 Å². The lowest BCUT2D eigenvalue weighted by atomic mass is 10.0. The molecule has 3 aromatic carbocycles. The van der Waals surface area contributed by atoms with E-state index < -0.39 is 0 Å². The number of fused-ring (bicyclic) bond motifs is 3. The molecule has 0 aliphatic carbocycles. The Bertz CT molecular complexity index is 1620. The van der Waals surface area contributed by atoms with E-state index in [-0.39, 0.29) is 12.1 Å². The van der Waals surface area contributed by atoms with Gasteiger partial charge in [-0.05, 0) is 80.1 Å². The van der Waals surface area contributed by atoms with Crippen molar-refractivity contribution in [2.75, 3.05) is 19.0 Å². The number of hydrogen-bond donors (Lipinski definition) is 1. The highest BCUT2D eigenvalue weighted by Gasteiger charge is 2.36. The largest absolute Gasteiger partial charge is 0.497 e. The highest BCUT2D eigenvalue weighted by molar-refractivity contribution is 5.90. The first-order valence-corrected chi connectivity index (χ1v) is 13.3. The minimum atomic E-state index is -0.361. The number of nitrogens with zero attached hydrogens (tertiary/aromatic N) is 4. The van der Waals surface area contributed by atoms with Gasteiger partial charge in [-0.2, -0.15) is 5.10 Å². The fourth-order valence-electron chi connectivity index (χ4n) is 5.28. The van der Waals surface area contributed by atoms with Gasteiger partial charge in [0.25, 0.3) is 0 Å². The molecule has 0 saturated heterocycles. The van der Waals surface area contributed by atoms with Crippen molar-refractivity contribution in [1.29, 1.82) is 0 Å². The van der Waals surface area contributed by atoms with E-state index in [4.69, 9.17) is 14.6 Å². The van der Waals surface area contributed by atoms with Gasteiger partial charge in [-0.1, -0.05) is 30.3 Å². The van der Waals surface area contributed by atoms with Crippen LogP contribution < -0.4 is 14.8 Å². The fourth-order valence-corrected chi connectivity index (χ4v) is 5.28. The maximum atomic E-state index is 14.1. The third kappa shape index (κ3) is 4.58. The summed E-state index contributed by atoms with van der Waals surface area (Å²) in [4.78, 5) is 16.0. The van der Waals surface area contributed by atoms with Gasteiger partial charge in [-0.25, -0.2) is 9.48 Å². The predicted octanol–water partition coefficient (Wildman–Crippen LogP) is 6.52. The first-order valence-electron chi connectivity index (χ1n) is 13.3. The van der Waals surface area contributed by atoms with Crippen LogP contribution in [0, 0.1) is 6.92 Å². The zero-order valence-electron chi connectivity index (χ0n) is 22.7. The van der Waals surface area contributed by atoms with Crippen molar-refractivity contribution in [1.82, 2.24) is 19.2 Å². The van der Waals surface area contributed by atoms with Gasteiger partial charge in [0, 0.05) is 17.4 Å². The van der Waals surface area contributed by atoms with E-state index in [0.29, 0.717) is 18.8 Å². The summed E-state index contributed by atoms with van der Waals surface area (Å²) in [6.45, 7) is 4.90. The topological polar surface area (TPSA) is 73.5 Å². The van der Waals surface area contributed by atoms with Crippen molar-refractivity contribution < 1.29 is 14.3 Å². The second-order valence-electron chi connectivity index (χ2n) is 9.63. The summed E-state index contributed by atoms with van der Waals surface area (Å²) in [6, 6.07) is 28.9. The lowest BCUT2D eigenvalue weighted by Crippen LogP contribution is -2.38. The van der Waals surface area contributed by atoms with E-state index in [1.807, 2.05) is 115 Å². The zero-order valence-corrected chi connectivity index (χ0v) is 22.7. The Labute approximate surface area is 233 Å². The van der Waals surface area contributed by atoms with E-state index in [1.54, 1.807) is 7.11 Å². The molecule has 0 spiro atoms. The first-order chi connectivity index (χ1) is 19.6. The quantitative estimate of drug-likeness (QED) is 0.270. The number of aromatic nitrogens is 3. The number of nitrogens with one attached hydrogen (secondary N) is 1. The minimum absolute atomic E-state index is 0.211. The maximum absolute atomic E-state index is 14.1. The Morgan fingerprint density at radius 2 is 1.68 bits per heavy atom. The number of urea groups is 1. The molecule has 1 unspecified atom stereocenters. The number of anilines is 1. The van der Waals surface area contributed by atoms with Crippen LogP contribution in [0.4, 0.5) is 10.5 Å². The number of benzene rings is 3. The number of rotatable bonds is 6. The van der Waals surface area contributed by atoms with Crippen LogP contribution >= 0.6 is 0 Å². The number of carbonyl (C=O) groups excluding carboxylic acids is 1. The smallest absolute Gasteiger partial charge is 0.322 e. The summed E-state index contributed by atoms with van der Waals surface area (Å²) in [5.74, 6) is 2.45. The van der Waals surface area contributed by atoms with E-state index in [0.717, 1.165) is 45.5 Å². The summed E-state index contributed by atoms with van der Waals surface area (Å²) >= 11 is 0. The average Bonchev–Trinajstić information content (AvgIpc) is 3.55. The lowest BCUT2D eigenvalue weighted by molar-refractivity contribution is 0.194. The van der Waals surface area contributed by atoms with Crippen molar-refractivity contribution in [3.8, 4) is 23.0 Å². The lowest BCUT2D eigenvalue weighted by Gasteiger charge is -2.31. The van der Waals surface area contributed by atoms with E-state index >= 15 is 0 Å². The molecule has 0 fully saturated rings. The molecule has 1 atom stereocenters. The monoisotopic (exact) mass is 533 g/mol. The average molecular weight is 534 g/mol. The molecular weight excluding hydrogens is 502 g/mol. The molecule has 1 N–H and O–H groups in total. The van der Waals surface area contributed by atoms with Crippen LogP contribution in [0.5, 0.6) is 11.5 Å². The van der Waals surface area contributed by atoms with Crippen LogP contribution in [0.15, 0.2) is 97.2 Å². The molecule has 40 heavy (non-hydrogen) atoms. The van der Waals surface area contributed by atoms with Crippen molar-refractivity contribution >= 4 is 11.7 Å². The van der Waals surface area contributed by atoms with Gasteiger partial charge in [0.05, 0.1) is 43.4 Å². The molecule has 2 aromatic heterocycles. The summed E-state index contributed by atoms with van der Waals surface area (Å²) in [5.41, 5.74) is 5.44. The molecule has 2 amide bonds. The van der Waals surface area contributed by atoms with Gasteiger partial charge in [-0.3, -0.25) is 0 Å². The number of methoxy groups -OCH3 is 1. The molecule has 3 heterocycles. The summed E-state index contributed by atoms with van der Waals surface area (Å²) in [7, 11) is 1.65. The second-order valence-corrected chi connectivity index (χ2v) is 9.63. The number of aryl methyl sites for hydroxylation is 1. The summed E-state index contributed by atoms with van der Waals surface area (Å²) < 4.78 is 15.1. The molecule has 8 nitrogen and oxygen atoms in total. The van der Waals surface area contributed by atoms with Crippen LogP contribution in [0.2, 0.25) is 0 Å². The third-order valence-corrected chi connectivity index (χ3v) is 7.20. The number of ether oxygens (including phenoxy) is 2. The Kier molecular flexibility index (Phi) is 6.74. The SMILES string of the molecule is CCOc1ccc(NC(=O)N2Cc3c(C)nn(-c4ccccc4)c3-n3cccc3C2c2ccc(OC)cc2)cc1. The normalized spacial score (nSPS) is 14.2. The molecule has 0 saturated carbocycles. The van der Waals surface area contributed by atoms with Gasteiger partial charge >= 0.3 is 6.03 Å². The molecule has 1 aliphatic heterocycles. The van der Waals surface area contributed by atoms with Crippen LogP contribution in [0.3, 0.4) is 0 Å². The van der Waals surface area contributed by atoms with Crippen LogP contribution in [0.1, 0.15) is 35.5 Å². The van der Waals surface area contributed by atoms with E-state index in [2.05, 4.69) is 16.0 Å². The van der Waals surface area contributed by atoms with Gasteiger partial charge < -0.3 is 24.3 Å². The summed E-state index contributed by atoms with van der Waals surface area (Å²) in [6.07, 6.45) is 2.04. The zero-order chi connectivity index (χ0) is 27.6. The Morgan fingerprint density at radius 3 is 2.38 bits per heavy atom. The Morgan fingerprint density at radius 1 is 0.950 bits per heavy atom. The highest BCUT2D eigenvalue weighted by atomic mass is 16.5. The van der Waals surface area contributed by atoms with Crippen molar-refractivity contribution in [3.63, 3.8) is 0 Å². The van der Waals surface area contributed by atoms with Crippen LogP contribution in [-0.2, 0) is 6.54 Å². The molecule has 0 bridgehead atoms. The maximum Gasteiger partial charge on any atom is 0.322 e. The van der Waals surface area contributed by atoms with Crippen molar-refractivity contribution in [2.45, 2.75) is 26.4 Å². The second kappa shape index (κ2) is 10.6. The van der Waals surface area contributed by atoms with Crippen LogP contribution in [-0.4, -0.2) is 39.0 Å². The fraction of sp³-hybridized carbons (Fsp3) is 0.188. The van der Waals surface area contributed by atoms with E-state index in [1.165, 1.54) is 0 Å². The number of hydrogen-bond acceptors (Lipinski definition) is 4. The molecule has 5 aromatic rings. The summed E-state index contributed by atoms with van der Waals surface area (Å²) in [5, 5.41) is 8.03. The third-order valence-electron chi connectivity index (χ3n) is 7.20. The van der Waals surface area contributed by atoms with Crippen molar-refractivity contribution in [2.24, 2.45) is 0 Å². The molecule has 202 valence electrons. The standard InChI is InChI=1S/C32H31N5O3/c1-4-40-27-18-14-24(15-19-27)33-32(38)36-21-28-22(2)34-37(25-9-6-5-7-10-25)31(28)35-20-8-11-29(35)30(36)23-12-16-26(39-3)17-13-23/h5-20,30H,4,21H2,1-3H3,(H,33,38). The Hall–Kier alpha value is -4.98. The predicted molar refractivity (Wildman–Crippen MR) is 155 cm³/mol.